The minimum Gasteiger partial charge on any atom is -0.322 e. The van der Waals surface area contributed by atoms with Gasteiger partial charge in [0.1, 0.15) is 0 Å². The SMILES string of the molecule is Cc1nn(C)c(C)c1NC(=O)CSc1nc2ccccc2c(=O)n1-c1ccccc1C(C)C. The van der Waals surface area contributed by atoms with E-state index < -0.39 is 0 Å². The van der Waals surface area contributed by atoms with Crippen LogP contribution < -0.4 is 10.9 Å². The lowest BCUT2D eigenvalue weighted by molar-refractivity contribution is -0.113. The van der Waals surface area contributed by atoms with Crippen LogP contribution in [0.3, 0.4) is 0 Å². The third kappa shape index (κ3) is 4.43. The van der Waals surface area contributed by atoms with Crippen LogP contribution in [0, 0.1) is 13.8 Å². The van der Waals surface area contributed by atoms with Gasteiger partial charge in [0.05, 0.1) is 39.4 Å². The van der Waals surface area contributed by atoms with Gasteiger partial charge in [-0.15, -0.1) is 0 Å². The van der Waals surface area contributed by atoms with Crippen LogP contribution in [-0.2, 0) is 11.8 Å². The number of aromatic nitrogens is 4. The van der Waals surface area contributed by atoms with E-state index in [-0.39, 0.29) is 23.1 Å². The molecule has 2 heterocycles. The van der Waals surface area contributed by atoms with Gasteiger partial charge in [-0.25, -0.2) is 4.98 Å². The second-order valence-electron chi connectivity index (χ2n) is 8.27. The number of hydrogen-bond acceptors (Lipinski definition) is 5. The average molecular weight is 462 g/mol. The lowest BCUT2D eigenvalue weighted by atomic mass is 10.0. The van der Waals surface area contributed by atoms with Crippen molar-refractivity contribution >= 4 is 34.3 Å². The Kier molecular flexibility index (Phi) is 6.37. The number of nitrogens with zero attached hydrogens (tertiary/aromatic N) is 4. The van der Waals surface area contributed by atoms with Gasteiger partial charge in [0.25, 0.3) is 5.56 Å². The summed E-state index contributed by atoms with van der Waals surface area (Å²) in [4.78, 5) is 31.1. The van der Waals surface area contributed by atoms with Crippen molar-refractivity contribution in [3.05, 3.63) is 75.8 Å². The van der Waals surface area contributed by atoms with Crippen LogP contribution in [0.5, 0.6) is 0 Å². The third-order valence-electron chi connectivity index (χ3n) is 5.65. The molecule has 0 bridgehead atoms. The summed E-state index contributed by atoms with van der Waals surface area (Å²) < 4.78 is 3.37. The molecule has 4 aromatic rings. The molecule has 1 N–H and O–H groups in total. The zero-order valence-electron chi connectivity index (χ0n) is 19.4. The van der Waals surface area contributed by atoms with E-state index in [4.69, 9.17) is 4.98 Å². The fourth-order valence-corrected chi connectivity index (χ4v) is 4.67. The summed E-state index contributed by atoms with van der Waals surface area (Å²) in [6.07, 6.45) is 0. The molecule has 0 saturated carbocycles. The van der Waals surface area contributed by atoms with E-state index in [0.29, 0.717) is 16.1 Å². The summed E-state index contributed by atoms with van der Waals surface area (Å²) in [5.41, 5.74) is 4.68. The predicted octanol–water partition coefficient (Wildman–Crippen LogP) is 4.59. The molecule has 33 heavy (non-hydrogen) atoms. The molecule has 0 aliphatic rings. The maximum Gasteiger partial charge on any atom is 0.266 e. The number of thioether (sulfide) groups is 1. The van der Waals surface area contributed by atoms with Crippen LogP contribution in [0.2, 0.25) is 0 Å². The van der Waals surface area contributed by atoms with Crippen molar-refractivity contribution < 1.29 is 4.79 Å². The Hall–Kier alpha value is -3.39. The van der Waals surface area contributed by atoms with E-state index in [9.17, 15) is 9.59 Å². The first-order valence-electron chi connectivity index (χ1n) is 10.8. The molecule has 170 valence electrons. The molecule has 2 aromatic carbocycles. The van der Waals surface area contributed by atoms with Crippen LogP contribution in [0.4, 0.5) is 5.69 Å². The van der Waals surface area contributed by atoms with Crippen molar-refractivity contribution in [3.63, 3.8) is 0 Å². The van der Waals surface area contributed by atoms with Gasteiger partial charge in [0, 0.05) is 7.05 Å². The van der Waals surface area contributed by atoms with E-state index in [1.807, 2.05) is 63.4 Å². The molecular weight excluding hydrogens is 434 g/mol. The molecule has 0 spiro atoms. The molecular formula is C25H27N5O2S. The van der Waals surface area contributed by atoms with Crippen LogP contribution in [-0.4, -0.2) is 31.0 Å². The van der Waals surface area contributed by atoms with E-state index in [1.54, 1.807) is 15.3 Å². The molecule has 8 heteroatoms. The number of nitrogens with one attached hydrogen (secondary N) is 1. The quantitative estimate of drug-likeness (QED) is 0.335. The van der Waals surface area contributed by atoms with Crippen molar-refractivity contribution in [2.45, 2.75) is 38.8 Å². The van der Waals surface area contributed by atoms with Crippen LogP contribution in [0.15, 0.2) is 58.5 Å². The molecule has 0 unspecified atom stereocenters. The molecule has 0 fully saturated rings. The van der Waals surface area contributed by atoms with Gasteiger partial charge in [0.15, 0.2) is 5.16 Å². The molecule has 7 nitrogen and oxygen atoms in total. The van der Waals surface area contributed by atoms with Crippen molar-refractivity contribution in [3.8, 4) is 5.69 Å². The lowest BCUT2D eigenvalue weighted by Gasteiger charge is -2.18. The van der Waals surface area contributed by atoms with Crippen molar-refractivity contribution in [2.24, 2.45) is 7.05 Å². The number of aryl methyl sites for hydroxylation is 2. The molecule has 1 amide bonds. The predicted molar refractivity (Wildman–Crippen MR) is 133 cm³/mol. The van der Waals surface area contributed by atoms with Crippen LogP contribution >= 0.6 is 11.8 Å². The van der Waals surface area contributed by atoms with Gasteiger partial charge in [-0.2, -0.15) is 5.10 Å². The van der Waals surface area contributed by atoms with E-state index in [2.05, 4.69) is 24.3 Å². The van der Waals surface area contributed by atoms with Gasteiger partial charge >= 0.3 is 0 Å². The van der Waals surface area contributed by atoms with Gasteiger partial charge in [0.2, 0.25) is 5.91 Å². The standard InChI is InChI=1S/C25H27N5O2S/c1-15(2)18-10-7-9-13-21(18)30-24(32)19-11-6-8-12-20(19)26-25(30)33-14-22(31)27-23-16(3)28-29(5)17(23)4/h6-13,15H,14H2,1-5H3,(H,27,31). The summed E-state index contributed by atoms with van der Waals surface area (Å²) in [5, 5.41) is 8.33. The third-order valence-corrected chi connectivity index (χ3v) is 6.59. The first kappa shape index (κ1) is 22.8. The van der Waals surface area contributed by atoms with Crippen molar-refractivity contribution in [2.75, 3.05) is 11.1 Å². The Labute approximate surface area is 196 Å². The first-order chi connectivity index (χ1) is 15.8. The second kappa shape index (κ2) is 9.23. The molecule has 4 rings (SSSR count). The van der Waals surface area contributed by atoms with E-state index >= 15 is 0 Å². The maximum absolute atomic E-state index is 13.6. The zero-order chi connectivity index (χ0) is 23.7. The highest BCUT2D eigenvalue weighted by atomic mass is 32.2. The van der Waals surface area contributed by atoms with E-state index in [1.165, 1.54) is 11.8 Å². The van der Waals surface area contributed by atoms with Crippen LogP contribution in [0.1, 0.15) is 36.7 Å². The molecule has 0 saturated heterocycles. The average Bonchev–Trinajstić information content (AvgIpc) is 3.03. The highest BCUT2D eigenvalue weighted by Gasteiger charge is 2.19. The van der Waals surface area contributed by atoms with Crippen molar-refractivity contribution in [1.82, 2.24) is 19.3 Å². The number of carbonyl (C=O) groups is 1. The summed E-state index contributed by atoms with van der Waals surface area (Å²) in [6, 6.07) is 15.1. The smallest absolute Gasteiger partial charge is 0.266 e. The Morgan fingerprint density at radius 2 is 1.79 bits per heavy atom. The number of benzene rings is 2. The highest BCUT2D eigenvalue weighted by Crippen LogP contribution is 2.27. The maximum atomic E-state index is 13.6. The monoisotopic (exact) mass is 461 g/mol. The number of hydrogen-bond donors (Lipinski definition) is 1. The van der Waals surface area contributed by atoms with Gasteiger partial charge in [-0.1, -0.05) is 55.9 Å². The molecule has 0 radical (unpaired) electrons. The fraction of sp³-hybridized carbons (Fsp3) is 0.280. The van der Waals surface area contributed by atoms with Crippen molar-refractivity contribution in [1.29, 1.82) is 0 Å². The number of anilines is 1. The number of fused-ring (bicyclic) bond motifs is 1. The summed E-state index contributed by atoms with van der Waals surface area (Å²) in [5.74, 6) is 0.158. The van der Waals surface area contributed by atoms with Gasteiger partial charge in [-0.3, -0.25) is 18.8 Å². The number of amides is 1. The Morgan fingerprint density at radius 1 is 1.09 bits per heavy atom. The molecule has 0 aliphatic heterocycles. The Balaban J connectivity index is 1.74. The molecule has 0 aliphatic carbocycles. The number of para-hydroxylation sites is 2. The van der Waals surface area contributed by atoms with Gasteiger partial charge in [-0.05, 0) is 43.5 Å². The zero-order valence-corrected chi connectivity index (χ0v) is 20.2. The Morgan fingerprint density at radius 3 is 2.48 bits per heavy atom. The topological polar surface area (TPSA) is 81.8 Å². The number of rotatable bonds is 6. The summed E-state index contributed by atoms with van der Waals surface area (Å²) >= 11 is 1.25. The fourth-order valence-electron chi connectivity index (χ4n) is 3.86. The van der Waals surface area contributed by atoms with Gasteiger partial charge < -0.3 is 5.32 Å². The minimum absolute atomic E-state index is 0.113. The summed E-state index contributed by atoms with van der Waals surface area (Å²) in [6.45, 7) is 7.96. The molecule has 0 atom stereocenters. The normalized spacial score (nSPS) is 11.3. The first-order valence-corrected chi connectivity index (χ1v) is 11.8. The van der Waals surface area contributed by atoms with E-state index in [0.717, 1.165) is 28.3 Å². The Bertz CT molecular complexity index is 1400. The van der Waals surface area contributed by atoms with Crippen LogP contribution in [0.25, 0.3) is 16.6 Å². The largest absolute Gasteiger partial charge is 0.322 e. The number of carbonyl (C=O) groups excluding carboxylic acids is 1. The molecule has 2 aromatic heterocycles. The highest BCUT2D eigenvalue weighted by molar-refractivity contribution is 7.99. The summed E-state index contributed by atoms with van der Waals surface area (Å²) in [7, 11) is 1.84. The minimum atomic E-state index is -0.176. The second-order valence-corrected chi connectivity index (χ2v) is 9.21. The lowest BCUT2D eigenvalue weighted by Crippen LogP contribution is -2.24.